The quantitative estimate of drug-likeness (QED) is 0.668. The van der Waals surface area contributed by atoms with E-state index in [4.69, 9.17) is 9.47 Å². The third-order valence-electron chi connectivity index (χ3n) is 3.76. The molecule has 0 saturated carbocycles. The van der Waals surface area contributed by atoms with Crippen LogP contribution in [0.3, 0.4) is 0 Å². The molecule has 0 aromatic carbocycles. The molecular weight excluding hydrogens is 340 g/mol. The van der Waals surface area contributed by atoms with Gasteiger partial charge in [-0.1, -0.05) is 13.8 Å². The predicted molar refractivity (Wildman–Crippen MR) is 93.9 cm³/mol. The summed E-state index contributed by atoms with van der Waals surface area (Å²) in [6.07, 6.45) is 1.38. The largest absolute Gasteiger partial charge is 0.465 e. The van der Waals surface area contributed by atoms with Crippen molar-refractivity contribution in [3.8, 4) is 0 Å². The number of hydrogen-bond donors (Lipinski definition) is 2. The predicted octanol–water partition coefficient (Wildman–Crippen LogP) is 0.877. The van der Waals surface area contributed by atoms with Crippen LogP contribution in [0, 0.1) is 5.92 Å². The van der Waals surface area contributed by atoms with Gasteiger partial charge in [-0.2, -0.15) is 0 Å². The number of nitrogens with one attached hydrogen (secondary N) is 2. The van der Waals surface area contributed by atoms with Crippen molar-refractivity contribution < 1.29 is 19.1 Å². The Morgan fingerprint density at radius 3 is 2.58 bits per heavy atom. The normalized spacial score (nSPS) is 12.3. The summed E-state index contributed by atoms with van der Waals surface area (Å²) in [5.74, 6) is -0.912. The van der Waals surface area contributed by atoms with E-state index in [1.165, 1.54) is 16.8 Å². The Labute approximate surface area is 150 Å². The summed E-state index contributed by atoms with van der Waals surface area (Å²) in [6, 6.07) is 0.819. The zero-order valence-corrected chi connectivity index (χ0v) is 15.4. The molecule has 0 amide bonds. The van der Waals surface area contributed by atoms with E-state index in [1.807, 2.05) is 13.8 Å². The molecule has 0 fully saturated rings. The van der Waals surface area contributed by atoms with Crippen molar-refractivity contribution >= 4 is 17.6 Å². The maximum atomic E-state index is 12.2. The second-order valence-electron chi connectivity index (χ2n) is 6.01. The van der Waals surface area contributed by atoms with Gasteiger partial charge in [-0.25, -0.2) is 14.3 Å². The maximum absolute atomic E-state index is 12.2. The number of rotatable bonds is 8. The van der Waals surface area contributed by atoms with E-state index in [2.05, 4.69) is 15.4 Å². The molecule has 0 aliphatic carbocycles. The Hall–Kier alpha value is -2.68. The molecule has 1 unspecified atom stereocenters. The molecule has 9 heteroatoms. The summed E-state index contributed by atoms with van der Waals surface area (Å²) in [5, 5.41) is 5.75. The van der Waals surface area contributed by atoms with E-state index >= 15 is 0 Å². The molecule has 142 valence electrons. The summed E-state index contributed by atoms with van der Waals surface area (Å²) in [7, 11) is 0. The van der Waals surface area contributed by atoms with Crippen molar-refractivity contribution in [1.82, 2.24) is 19.9 Å². The number of carbonyl (C=O) groups excluding carboxylic acids is 2. The summed E-state index contributed by atoms with van der Waals surface area (Å²) in [4.78, 5) is 40.6. The summed E-state index contributed by atoms with van der Waals surface area (Å²) < 4.78 is 11.2. The van der Waals surface area contributed by atoms with Crippen molar-refractivity contribution in [3.63, 3.8) is 0 Å². The number of nitrogens with zero attached hydrogens (tertiary/aromatic N) is 2. The highest BCUT2D eigenvalue weighted by atomic mass is 16.5. The first-order chi connectivity index (χ1) is 12.4. The molecule has 0 radical (unpaired) electrons. The third-order valence-corrected chi connectivity index (χ3v) is 3.76. The Kier molecular flexibility index (Phi) is 6.51. The maximum Gasteiger partial charge on any atom is 0.343 e. The lowest BCUT2D eigenvalue weighted by molar-refractivity contribution is -0.146. The number of ether oxygens (including phenoxy) is 2. The highest BCUT2D eigenvalue weighted by molar-refractivity contribution is 5.95. The summed E-state index contributed by atoms with van der Waals surface area (Å²) in [5.41, 5.74) is 0.413. The molecule has 26 heavy (non-hydrogen) atoms. The number of H-pyrrole nitrogens is 1. The number of esters is 2. The monoisotopic (exact) mass is 364 g/mol. The SMILES string of the molecule is CCOC(=O)c1c[nH]n2c(=O)cc(CNC(C(=O)OCC)C(C)C)nc12. The van der Waals surface area contributed by atoms with Gasteiger partial charge < -0.3 is 9.47 Å². The zero-order chi connectivity index (χ0) is 19.3. The van der Waals surface area contributed by atoms with Gasteiger partial charge in [-0.3, -0.25) is 20.0 Å². The second kappa shape index (κ2) is 8.61. The lowest BCUT2D eigenvalue weighted by atomic mass is 10.0. The van der Waals surface area contributed by atoms with Crippen molar-refractivity contribution in [2.45, 2.75) is 40.3 Å². The van der Waals surface area contributed by atoms with E-state index in [1.54, 1.807) is 13.8 Å². The van der Waals surface area contributed by atoms with Gasteiger partial charge in [0, 0.05) is 18.8 Å². The molecule has 0 saturated heterocycles. The minimum Gasteiger partial charge on any atom is -0.465 e. The first kappa shape index (κ1) is 19.6. The fraction of sp³-hybridized carbons (Fsp3) is 0.529. The molecule has 9 nitrogen and oxygen atoms in total. The Bertz CT molecular complexity index is 839. The lowest BCUT2D eigenvalue weighted by Gasteiger charge is -2.20. The average molecular weight is 364 g/mol. The summed E-state index contributed by atoms with van der Waals surface area (Å²) in [6.45, 7) is 7.92. The zero-order valence-electron chi connectivity index (χ0n) is 15.4. The summed E-state index contributed by atoms with van der Waals surface area (Å²) >= 11 is 0. The van der Waals surface area contributed by atoms with E-state index in [-0.39, 0.29) is 41.8 Å². The van der Waals surface area contributed by atoms with Crippen LogP contribution in [0.15, 0.2) is 17.1 Å². The van der Waals surface area contributed by atoms with Crippen molar-refractivity contribution in [2.75, 3.05) is 13.2 Å². The van der Waals surface area contributed by atoms with Crippen molar-refractivity contribution in [3.05, 3.63) is 33.9 Å². The smallest absolute Gasteiger partial charge is 0.343 e. The van der Waals surface area contributed by atoms with Gasteiger partial charge in [0.2, 0.25) is 0 Å². The minimum absolute atomic E-state index is 0.00114. The third kappa shape index (κ3) is 4.29. The Balaban J connectivity index is 2.27. The van der Waals surface area contributed by atoms with Crippen LogP contribution in [-0.4, -0.2) is 45.8 Å². The van der Waals surface area contributed by atoms with E-state index in [9.17, 15) is 14.4 Å². The molecule has 2 N–H and O–H groups in total. The molecular formula is C17H24N4O5. The lowest BCUT2D eigenvalue weighted by Crippen LogP contribution is -2.42. The number of aromatic nitrogens is 3. The number of fused-ring (bicyclic) bond motifs is 1. The molecule has 0 aliphatic heterocycles. The van der Waals surface area contributed by atoms with Crippen LogP contribution in [0.2, 0.25) is 0 Å². The molecule has 0 bridgehead atoms. The van der Waals surface area contributed by atoms with Crippen molar-refractivity contribution in [1.29, 1.82) is 0 Å². The molecule has 2 aromatic rings. The molecule has 2 aromatic heterocycles. The van der Waals surface area contributed by atoms with Crippen LogP contribution < -0.4 is 10.9 Å². The number of hydrogen-bond acceptors (Lipinski definition) is 7. The van der Waals surface area contributed by atoms with Crippen LogP contribution in [0.1, 0.15) is 43.7 Å². The van der Waals surface area contributed by atoms with E-state index < -0.39 is 12.0 Å². The van der Waals surface area contributed by atoms with E-state index in [0.717, 1.165) is 0 Å². The van der Waals surface area contributed by atoms with Gasteiger partial charge in [0.05, 0.1) is 18.9 Å². The van der Waals surface area contributed by atoms with Crippen LogP contribution >= 0.6 is 0 Å². The average Bonchev–Trinajstić information content (AvgIpc) is 2.99. The van der Waals surface area contributed by atoms with Gasteiger partial charge in [0.15, 0.2) is 5.65 Å². The van der Waals surface area contributed by atoms with Gasteiger partial charge in [0.1, 0.15) is 11.6 Å². The van der Waals surface area contributed by atoms with Gasteiger partial charge >= 0.3 is 11.9 Å². The Morgan fingerprint density at radius 1 is 1.27 bits per heavy atom. The first-order valence-corrected chi connectivity index (χ1v) is 8.56. The van der Waals surface area contributed by atoms with Crippen LogP contribution in [0.5, 0.6) is 0 Å². The molecule has 0 aliphatic rings. The van der Waals surface area contributed by atoms with Crippen LogP contribution in [0.4, 0.5) is 0 Å². The number of aromatic amines is 1. The van der Waals surface area contributed by atoms with Crippen LogP contribution in [-0.2, 0) is 20.8 Å². The van der Waals surface area contributed by atoms with Gasteiger partial charge in [-0.15, -0.1) is 0 Å². The molecule has 2 rings (SSSR count). The van der Waals surface area contributed by atoms with Crippen molar-refractivity contribution in [2.24, 2.45) is 5.92 Å². The second-order valence-corrected chi connectivity index (χ2v) is 6.01. The highest BCUT2D eigenvalue weighted by Crippen LogP contribution is 2.10. The molecule has 0 spiro atoms. The first-order valence-electron chi connectivity index (χ1n) is 8.56. The van der Waals surface area contributed by atoms with Gasteiger partial charge in [0.25, 0.3) is 5.56 Å². The topological polar surface area (TPSA) is 115 Å². The van der Waals surface area contributed by atoms with Crippen LogP contribution in [0.25, 0.3) is 5.65 Å². The fourth-order valence-corrected chi connectivity index (χ4v) is 2.52. The fourth-order valence-electron chi connectivity index (χ4n) is 2.52. The molecule has 2 heterocycles. The standard InChI is InChI=1S/C17H24N4O5/c1-5-25-16(23)12-9-19-21-13(22)7-11(20-15(12)21)8-18-14(10(3)4)17(24)26-6-2/h7,9-10,14,18-19H,5-6,8H2,1-4H3. The minimum atomic E-state index is -0.560. The van der Waals surface area contributed by atoms with E-state index in [0.29, 0.717) is 12.3 Å². The molecule has 1 atom stereocenters. The van der Waals surface area contributed by atoms with Gasteiger partial charge in [-0.05, 0) is 19.8 Å². The Morgan fingerprint density at radius 2 is 1.96 bits per heavy atom. The number of carbonyl (C=O) groups is 2. The highest BCUT2D eigenvalue weighted by Gasteiger charge is 2.23.